The highest BCUT2D eigenvalue weighted by Crippen LogP contribution is 2.28. The van der Waals surface area contributed by atoms with Crippen molar-refractivity contribution >= 4 is 17.4 Å². The van der Waals surface area contributed by atoms with Gasteiger partial charge in [0.15, 0.2) is 0 Å². The van der Waals surface area contributed by atoms with Gasteiger partial charge in [-0.15, -0.1) is 21.5 Å². The number of ether oxygens (including phenoxy) is 1. The summed E-state index contributed by atoms with van der Waals surface area (Å²) in [6, 6.07) is 4.02. The van der Waals surface area contributed by atoms with Gasteiger partial charge in [0, 0.05) is 12.6 Å². The number of likely N-dealkylation sites (tertiary alicyclic amines) is 1. The molecule has 24 heavy (non-hydrogen) atoms. The Bertz CT molecular complexity index is 658. The zero-order valence-electron chi connectivity index (χ0n) is 13.9. The van der Waals surface area contributed by atoms with Gasteiger partial charge in [0.2, 0.25) is 5.89 Å². The first-order chi connectivity index (χ1) is 11.7. The Morgan fingerprint density at radius 3 is 3.21 bits per heavy atom. The zero-order chi connectivity index (χ0) is 16.9. The highest BCUT2D eigenvalue weighted by atomic mass is 32.1. The van der Waals surface area contributed by atoms with Crippen molar-refractivity contribution in [2.24, 2.45) is 0 Å². The van der Waals surface area contributed by atoms with Crippen LogP contribution in [0.15, 0.2) is 21.9 Å². The first-order valence-corrected chi connectivity index (χ1v) is 9.10. The van der Waals surface area contributed by atoms with Gasteiger partial charge < -0.3 is 14.5 Å². The van der Waals surface area contributed by atoms with Gasteiger partial charge in [-0.05, 0) is 44.7 Å². The third-order valence-corrected chi connectivity index (χ3v) is 4.99. The highest BCUT2D eigenvalue weighted by molar-refractivity contribution is 7.13. The molecule has 0 radical (unpaired) electrons. The van der Waals surface area contributed by atoms with Crippen molar-refractivity contribution in [2.45, 2.75) is 38.8 Å². The van der Waals surface area contributed by atoms with Crippen molar-refractivity contribution in [1.82, 2.24) is 20.4 Å². The van der Waals surface area contributed by atoms with Gasteiger partial charge in [-0.2, -0.15) is 0 Å². The summed E-state index contributed by atoms with van der Waals surface area (Å²) in [4.78, 5) is 14.8. The number of aromatic nitrogens is 2. The molecule has 3 rings (SSSR count). The lowest BCUT2D eigenvalue weighted by atomic mass is 10.0. The topological polar surface area (TPSA) is 80.5 Å². The van der Waals surface area contributed by atoms with Gasteiger partial charge >= 0.3 is 6.09 Å². The number of rotatable bonds is 5. The molecule has 2 aromatic rings. The van der Waals surface area contributed by atoms with E-state index in [1.165, 1.54) is 0 Å². The van der Waals surface area contributed by atoms with Crippen LogP contribution in [-0.4, -0.2) is 46.9 Å². The molecule has 2 aromatic heterocycles. The van der Waals surface area contributed by atoms with E-state index in [-0.39, 0.29) is 18.2 Å². The van der Waals surface area contributed by atoms with Gasteiger partial charge in [-0.25, -0.2) is 4.79 Å². The molecule has 2 unspecified atom stereocenters. The van der Waals surface area contributed by atoms with Crippen molar-refractivity contribution in [3.05, 3.63) is 23.4 Å². The van der Waals surface area contributed by atoms with E-state index in [2.05, 4.69) is 27.3 Å². The van der Waals surface area contributed by atoms with Crippen LogP contribution in [0.1, 0.15) is 38.6 Å². The SMILES string of the molecule is CCOC(=O)NC1CCCN(C(C)c2nnc(-c3cccs3)o2)C1. The van der Waals surface area contributed by atoms with E-state index in [1.54, 1.807) is 18.3 Å². The van der Waals surface area contributed by atoms with Crippen molar-refractivity contribution < 1.29 is 13.9 Å². The van der Waals surface area contributed by atoms with E-state index in [1.807, 2.05) is 17.5 Å². The van der Waals surface area contributed by atoms with Crippen LogP contribution >= 0.6 is 11.3 Å². The van der Waals surface area contributed by atoms with Crippen LogP contribution in [0.3, 0.4) is 0 Å². The average molecular weight is 350 g/mol. The van der Waals surface area contributed by atoms with Gasteiger partial charge in [0.1, 0.15) is 0 Å². The Morgan fingerprint density at radius 1 is 1.58 bits per heavy atom. The van der Waals surface area contributed by atoms with Crippen molar-refractivity contribution in [3.63, 3.8) is 0 Å². The molecule has 1 fully saturated rings. The molecular weight excluding hydrogens is 328 g/mol. The number of nitrogens with zero attached hydrogens (tertiary/aromatic N) is 3. The van der Waals surface area contributed by atoms with Gasteiger partial charge in [0.05, 0.1) is 17.5 Å². The van der Waals surface area contributed by atoms with Gasteiger partial charge in [-0.3, -0.25) is 4.90 Å². The second kappa shape index (κ2) is 7.76. The van der Waals surface area contributed by atoms with Crippen LogP contribution in [-0.2, 0) is 4.74 Å². The number of carbonyl (C=O) groups excluding carboxylic acids is 1. The molecule has 1 N–H and O–H groups in total. The monoisotopic (exact) mass is 350 g/mol. The first kappa shape index (κ1) is 16.9. The van der Waals surface area contributed by atoms with E-state index in [0.717, 1.165) is 30.8 Å². The minimum Gasteiger partial charge on any atom is -0.450 e. The molecule has 130 valence electrons. The summed E-state index contributed by atoms with van der Waals surface area (Å²) in [5.74, 6) is 1.17. The zero-order valence-corrected chi connectivity index (χ0v) is 14.7. The molecule has 1 amide bonds. The van der Waals surface area contributed by atoms with E-state index in [9.17, 15) is 4.79 Å². The highest BCUT2D eigenvalue weighted by Gasteiger charge is 2.28. The Labute approximate surface area is 145 Å². The number of piperidine rings is 1. The second-order valence-corrected chi connectivity index (χ2v) is 6.75. The third-order valence-electron chi connectivity index (χ3n) is 4.13. The predicted molar refractivity (Wildman–Crippen MR) is 90.8 cm³/mol. The maximum absolute atomic E-state index is 11.6. The Hall–Kier alpha value is -1.93. The molecule has 1 aliphatic rings. The lowest BCUT2D eigenvalue weighted by molar-refractivity contribution is 0.113. The van der Waals surface area contributed by atoms with Crippen LogP contribution in [0.2, 0.25) is 0 Å². The summed E-state index contributed by atoms with van der Waals surface area (Å²) < 4.78 is 10.8. The number of carbonyl (C=O) groups is 1. The standard InChI is InChI=1S/C16H22N4O3S/c1-3-22-16(21)17-12-6-4-8-20(10-12)11(2)14-18-19-15(23-14)13-7-5-9-24-13/h5,7,9,11-12H,3-4,6,8,10H2,1-2H3,(H,17,21). The van der Waals surface area contributed by atoms with Crippen LogP contribution in [0.25, 0.3) is 10.8 Å². The molecule has 2 atom stereocenters. The molecule has 7 nitrogen and oxygen atoms in total. The van der Waals surface area contributed by atoms with Crippen LogP contribution in [0, 0.1) is 0 Å². The Balaban J connectivity index is 1.62. The minimum atomic E-state index is -0.352. The number of hydrogen-bond donors (Lipinski definition) is 1. The summed E-state index contributed by atoms with van der Waals surface area (Å²) in [7, 11) is 0. The molecule has 0 bridgehead atoms. The van der Waals surface area contributed by atoms with Crippen LogP contribution < -0.4 is 5.32 Å². The van der Waals surface area contributed by atoms with Crippen LogP contribution in [0.5, 0.6) is 0 Å². The van der Waals surface area contributed by atoms with E-state index >= 15 is 0 Å². The average Bonchev–Trinajstić information content (AvgIpc) is 3.26. The molecule has 0 aromatic carbocycles. The summed E-state index contributed by atoms with van der Waals surface area (Å²) >= 11 is 1.58. The minimum absolute atomic E-state index is 0.0120. The largest absolute Gasteiger partial charge is 0.450 e. The number of amides is 1. The Morgan fingerprint density at radius 2 is 2.46 bits per heavy atom. The molecule has 1 saturated heterocycles. The van der Waals surface area contributed by atoms with E-state index in [4.69, 9.17) is 9.15 Å². The lowest BCUT2D eigenvalue weighted by Crippen LogP contribution is -2.48. The normalized spacial score (nSPS) is 19.8. The molecule has 1 aliphatic heterocycles. The molecule has 0 aliphatic carbocycles. The van der Waals surface area contributed by atoms with Crippen molar-refractivity contribution in [1.29, 1.82) is 0 Å². The molecule has 8 heteroatoms. The summed E-state index contributed by atoms with van der Waals surface area (Å²) in [6.07, 6.45) is 1.61. The number of alkyl carbamates (subject to hydrolysis) is 1. The fourth-order valence-corrected chi connectivity index (χ4v) is 3.52. The van der Waals surface area contributed by atoms with Gasteiger partial charge in [0.25, 0.3) is 5.89 Å². The van der Waals surface area contributed by atoms with E-state index < -0.39 is 0 Å². The maximum atomic E-state index is 11.6. The number of hydrogen-bond acceptors (Lipinski definition) is 7. The van der Waals surface area contributed by atoms with Gasteiger partial charge in [-0.1, -0.05) is 6.07 Å². The number of nitrogens with one attached hydrogen (secondary N) is 1. The summed E-state index contributed by atoms with van der Waals surface area (Å²) in [5, 5.41) is 13.2. The maximum Gasteiger partial charge on any atom is 0.407 e. The molecule has 0 spiro atoms. The number of thiophene rings is 1. The third kappa shape index (κ3) is 3.93. The summed E-state index contributed by atoms with van der Waals surface area (Å²) in [6.45, 7) is 5.93. The fraction of sp³-hybridized carbons (Fsp3) is 0.562. The molecule has 0 saturated carbocycles. The first-order valence-electron chi connectivity index (χ1n) is 8.22. The second-order valence-electron chi connectivity index (χ2n) is 5.80. The van der Waals surface area contributed by atoms with Crippen molar-refractivity contribution in [3.8, 4) is 10.8 Å². The fourth-order valence-electron chi connectivity index (χ4n) is 2.87. The molecular formula is C16H22N4O3S. The van der Waals surface area contributed by atoms with Crippen LogP contribution in [0.4, 0.5) is 4.79 Å². The predicted octanol–water partition coefficient (Wildman–Crippen LogP) is 3.07. The van der Waals surface area contributed by atoms with Crippen molar-refractivity contribution in [2.75, 3.05) is 19.7 Å². The quantitative estimate of drug-likeness (QED) is 0.892. The molecule has 3 heterocycles. The van der Waals surface area contributed by atoms with E-state index in [0.29, 0.717) is 18.4 Å². The smallest absolute Gasteiger partial charge is 0.407 e. The lowest BCUT2D eigenvalue weighted by Gasteiger charge is -2.35. The summed E-state index contributed by atoms with van der Waals surface area (Å²) in [5.41, 5.74) is 0. The Kier molecular flexibility index (Phi) is 5.47.